The number of para-hydroxylation sites is 2. The Bertz CT molecular complexity index is 799. The maximum atomic E-state index is 12.5. The minimum Gasteiger partial charge on any atom is -0.486 e. The predicted octanol–water partition coefficient (Wildman–Crippen LogP) is 2.11. The van der Waals surface area contributed by atoms with Gasteiger partial charge in [-0.25, -0.2) is 0 Å². The molecule has 148 valence electrons. The second kappa shape index (κ2) is 8.63. The molecule has 6 nitrogen and oxygen atoms in total. The number of fused-ring (bicyclic) bond motifs is 1. The average Bonchev–Trinajstić information content (AvgIpc) is 2.74. The Morgan fingerprint density at radius 3 is 2.71 bits per heavy atom. The summed E-state index contributed by atoms with van der Waals surface area (Å²) >= 11 is 0. The van der Waals surface area contributed by atoms with Crippen LogP contribution in [0.3, 0.4) is 0 Å². The monoisotopic (exact) mass is 381 g/mol. The number of amides is 1. The van der Waals surface area contributed by atoms with Crippen molar-refractivity contribution in [2.24, 2.45) is 5.73 Å². The van der Waals surface area contributed by atoms with Crippen LogP contribution < -0.4 is 20.5 Å². The van der Waals surface area contributed by atoms with Crippen molar-refractivity contribution < 1.29 is 14.3 Å². The number of hydrogen-bond acceptors (Lipinski definition) is 5. The first-order valence-corrected chi connectivity index (χ1v) is 9.91. The van der Waals surface area contributed by atoms with Crippen LogP contribution in [0, 0.1) is 0 Å². The van der Waals surface area contributed by atoms with Crippen molar-refractivity contribution >= 4 is 5.91 Å². The maximum Gasteiger partial charge on any atom is 0.241 e. The summed E-state index contributed by atoms with van der Waals surface area (Å²) in [4.78, 5) is 14.9. The van der Waals surface area contributed by atoms with Crippen molar-refractivity contribution in [3.8, 4) is 11.5 Å². The largest absolute Gasteiger partial charge is 0.486 e. The molecule has 2 aliphatic heterocycles. The molecule has 1 amide bonds. The molecule has 2 aromatic rings. The number of nitrogens with two attached hydrogens (primary N) is 1. The molecule has 0 aliphatic carbocycles. The van der Waals surface area contributed by atoms with E-state index in [1.807, 2.05) is 54.6 Å². The maximum absolute atomic E-state index is 12.5. The molecule has 0 saturated carbocycles. The molecular formula is C22H27N3O3. The van der Waals surface area contributed by atoms with Crippen LogP contribution in [0.2, 0.25) is 0 Å². The van der Waals surface area contributed by atoms with Crippen LogP contribution in [0.5, 0.6) is 11.5 Å². The van der Waals surface area contributed by atoms with Gasteiger partial charge in [0, 0.05) is 19.1 Å². The summed E-state index contributed by atoms with van der Waals surface area (Å²) in [6.07, 6.45) is 2.00. The molecule has 2 aliphatic rings. The molecule has 3 unspecified atom stereocenters. The molecule has 2 aromatic carbocycles. The Hall–Kier alpha value is -2.57. The van der Waals surface area contributed by atoms with Gasteiger partial charge in [-0.1, -0.05) is 42.5 Å². The normalized spacial score (nSPS) is 23.0. The summed E-state index contributed by atoms with van der Waals surface area (Å²) in [6.45, 7) is 3.13. The average molecular weight is 381 g/mol. The van der Waals surface area contributed by atoms with Crippen LogP contribution in [0.4, 0.5) is 0 Å². The van der Waals surface area contributed by atoms with E-state index in [2.05, 4.69) is 10.2 Å². The van der Waals surface area contributed by atoms with Crippen molar-refractivity contribution in [3.05, 3.63) is 60.2 Å². The number of carbonyl (C=O) groups excluding carboxylic acids is 1. The van der Waals surface area contributed by atoms with Crippen molar-refractivity contribution in [3.63, 3.8) is 0 Å². The Balaban J connectivity index is 1.29. The standard InChI is InChI=1S/C22H27N3O3/c23-21(16-7-2-1-3-8-16)22(26)24-17-9-6-12-25(13-17)14-18-15-27-19-10-4-5-11-20(19)28-18/h1-5,7-8,10-11,17-18,21H,6,9,12-15,23H2,(H,24,26). The number of likely N-dealkylation sites (tertiary alicyclic amines) is 1. The van der Waals surface area contributed by atoms with E-state index in [9.17, 15) is 4.79 Å². The Labute approximate surface area is 165 Å². The summed E-state index contributed by atoms with van der Waals surface area (Å²) in [5.74, 6) is 1.48. The zero-order valence-corrected chi connectivity index (χ0v) is 15.9. The lowest BCUT2D eigenvalue weighted by Gasteiger charge is -2.36. The van der Waals surface area contributed by atoms with Crippen LogP contribution in [0.15, 0.2) is 54.6 Å². The van der Waals surface area contributed by atoms with Gasteiger partial charge in [-0.2, -0.15) is 0 Å². The van der Waals surface area contributed by atoms with Gasteiger partial charge in [0.05, 0.1) is 0 Å². The highest BCUT2D eigenvalue weighted by atomic mass is 16.6. The predicted molar refractivity (Wildman–Crippen MR) is 107 cm³/mol. The number of piperidine rings is 1. The highest BCUT2D eigenvalue weighted by Crippen LogP contribution is 2.31. The van der Waals surface area contributed by atoms with Gasteiger partial charge in [0.15, 0.2) is 11.5 Å². The van der Waals surface area contributed by atoms with Crippen molar-refractivity contribution in [1.82, 2.24) is 10.2 Å². The molecule has 4 rings (SSSR count). The molecule has 3 N–H and O–H groups in total. The van der Waals surface area contributed by atoms with Crippen LogP contribution in [0.25, 0.3) is 0 Å². The molecule has 0 radical (unpaired) electrons. The third-order valence-electron chi connectivity index (χ3n) is 5.32. The number of ether oxygens (including phenoxy) is 2. The summed E-state index contributed by atoms with van der Waals surface area (Å²) < 4.78 is 11.9. The fourth-order valence-corrected chi connectivity index (χ4v) is 3.88. The van der Waals surface area contributed by atoms with Gasteiger partial charge in [0.25, 0.3) is 0 Å². The van der Waals surface area contributed by atoms with Gasteiger partial charge in [-0.3, -0.25) is 9.69 Å². The summed E-state index contributed by atoms with van der Waals surface area (Å²) in [7, 11) is 0. The Morgan fingerprint density at radius 1 is 1.14 bits per heavy atom. The van der Waals surface area contributed by atoms with Gasteiger partial charge in [0.1, 0.15) is 18.8 Å². The van der Waals surface area contributed by atoms with Gasteiger partial charge in [0.2, 0.25) is 5.91 Å². The lowest BCUT2D eigenvalue weighted by atomic mass is 10.0. The quantitative estimate of drug-likeness (QED) is 0.830. The summed E-state index contributed by atoms with van der Waals surface area (Å²) in [5.41, 5.74) is 6.96. The SMILES string of the molecule is NC(C(=O)NC1CCCN(CC2COc3ccccc3O2)C1)c1ccccc1. The minimum atomic E-state index is -0.636. The van der Waals surface area contributed by atoms with Gasteiger partial charge in [-0.15, -0.1) is 0 Å². The van der Waals surface area contributed by atoms with Gasteiger partial charge >= 0.3 is 0 Å². The lowest BCUT2D eigenvalue weighted by molar-refractivity contribution is -0.123. The fourth-order valence-electron chi connectivity index (χ4n) is 3.88. The van der Waals surface area contributed by atoms with Crippen molar-refractivity contribution in [2.45, 2.75) is 31.0 Å². The smallest absolute Gasteiger partial charge is 0.241 e. The molecule has 28 heavy (non-hydrogen) atoms. The number of rotatable bonds is 5. The second-order valence-corrected chi connectivity index (χ2v) is 7.49. The third-order valence-corrected chi connectivity index (χ3v) is 5.32. The fraction of sp³-hybridized carbons (Fsp3) is 0.409. The number of benzene rings is 2. The summed E-state index contributed by atoms with van der Waals surface area (Å²) in [6, 6.07) is 16.7. The van der Waals surface area contributed by atoms with Crippen molar-refractivity contribution in [1.29, 1.82) is 0 Å². The molecule has 1 saturated heterocycles. The number of nitrogens with zero attached hydrogens (tertiary/aromatic N) is 1. The lowest BCUT2D eigenvalue weighted by Crippen LogP contribution is -2.52. The minimum absolute atomic E-state index is 0.00377. The first-order chi connectivity index (χ1) is 13.7. The van der Waals surface area contributed by atoms with Crippen LogP contribution >= 0.6 is 0 Å². The number of nitrogens with one attached hydrogen (secondary N) is 1. The van der Waals surface area contributed by atoms with Crippen molar-refractivity contribution in [2.75, 3.05) is 26.2 Å². The van der Waals surface area contributed by atoms with E-state index in [1.165, 1.54) is 0 Å². The zero-order valence-electron chi connectivity index (χ0n) is 15.9. The molecule has 0 spiro atoms. The molecule has 2 heterocycles. The number of hydrogen-bond donors (Lipinski definition) is 2. The van der Waals surface area contributed by atoms with Crippen LogP contribution in [-0.4, -0.2) is 49.2 Å². The van der Waals surface area contributed by atoms with E-state index in [1.54, 1.807) is 0 Å². The topological polar surface area (TPSA) is 76.8 Å². The molecule has 3 atom stereocenters. The highest BCUT2D eigenvalue weighted by molar-refractivity contribution is 5.83. The van der Waals surface area contributed by atoms with E-state index >= 15 is 0 Å². The first-order valence-electron chi connectivity index (χ1n) is 9.91. The van der Waals surface area contributed by atoms with E-state index in [4.69, 9.17) is 15.2 Å². The molecule has 6 heteroatoms. The third kappa shape index (κ3) is 4.46. The number of carbonyl (C=O) groups is 1. The van der Waals surface area contributed by atoms with Gasteiger partial charge < -0.3 is 20.5 Å². The van der Waals surface area contributed by atoms with E-state index < -0.39 is 6.04 Å². The highest BCUT2D eigenvalue weighted by Gasteiger charge is 2.28. The van der Waals surface area contributed by atoms with E-state index in [0.29, 0.717) is 6.61 Å². The molecular weight excluding hydrogens is 354 g/mol. The van der Waals surface area contributed by atoms with Gasteiger partial charge in [-0.05, 0) is 37.1 Å². The zero-order chi connectivity index (χ0) is 19.3. The Kier molecular flexibility index (Phi) is 5.78. The van der Waals surface area contributed by atoms with Crippen LogP contribution in [-0.2, 0) is 4.79 Å². The summed E-state index contributed by atoms with van der Waals surface area (Å²) in [5, 5.41) is 3.12. The van der Waals surface area contributed by atoms with E-state index in [-0.39, 0.29) is 18.1 Å². The second-order valence-electron chi connectivity index (χ2n) is 7.49. The first kappa shape index (κ1) is 18.8. The van der Waals surface area contributed by atoms with E-state index in [0.717, 1.165) is 49.5 Å². The Morgan fingerprint density at radius 2 is 1.89 bits per heavy atom. The molecule has 1 fully saturated rings. The van der Waals surface area contributed by atoms with Crippen LogP contribution in [0.1, 0.15) is 24.4 Å². The molecule has 0 bridgehead atoms. The molecule has 0 aromatic heterocycles.